The van der Waals surface area contributed by atoms with Crippen molar-refractivity contribution in [2.24, 2.45) is 0 Å². The molecule has 0 aliphatic carbocycles. The molecule has 0 unspecified atom stereocenters. The van der Waals surface area contributed by atoms with E-state index in [1.165, 1.54) is 51.4 Å². The third-order valence-electron chi connectivity index (χ3n) is 3.92. The second-order valence-corrected chi connectivity index (χ2v) is 6.42. The van der Waals surface area contributed by atoms with Crippen molar-refractivity contribution in [2.45, 2.75) is 83.3 Å². The second-order valence-electron chi connectivity index (χ2n) is 5.63. The van der Waals surface area contributed by atoms with E-state index in [0.717, 1.165) is 37.8 Å². The van der Waals surface area contributed by atoms with Crippen LogP contribution in [0.15, 0.2) is 0 Å². The third-order valence-corrected chi connectivity index (χ3v) is 4.48. The fourth-order valence-electron chi connectivity index (χ4n) is 2.78. The van der Waals surface area contributed by atoms with E-state index in [9.17, 15) is 0 Å². The summed E-state index contributed by atoms with van der Waals surface area (Å²) in [6.45, 7) is 3.83. The first-order valence-electron chi connectivity index (χ1n) is 8.17. The van der Waals surface area contributed by atoms with Crippen molar-refractivity contribution in [1.29, 1.82) is 0 Å². The van der Waals surface area contributed by atoms with Gasteiger partial charge >= 0.3 is 0 Å². The van der Waals surface area contributed by atoms with Crippen LogP contribution in [-0.2, 0) is 9.47 Å². The number of unbranched alkanes of at least 4 members (excludes halogenated alkanes) is 7. The van der Waals surface area contributed by atoms with Crippen LogP contribution in [-0.4, -0.2) is 24.3 Å². The molecule has 3 heteroatoms. The maximum atomic E-state index is 5.86. The Morgan fingerprint density at radius 2 is 1.32 bits per heavy atom. The van der Waals surface area contributed by atoms with E-state index < -0.39 is 0 Å². The van der Waals surface area contributed by atoms with Gasteiger partial charge in [0.05, 0.1) is 13.2 Å². The van der Waals surface area contributed by atoms with E-state index >= 15 is 0 Å². The first-order valence-corrected chi connectivity index (χ1v) is 9.29. The molecule has 19 heavy (non-hydrogen) atoms. The number of hydrogen-bond acceptors (Lipinski definition) is 2. The molecule has 0 aromatic carbocycles. The average molecular weight is 335 g/mol. The van der Waals surface area contributed by atoms with E-state index in [1.807, 2.05) is 0 Å². The molecule has 2 nitrogen and oxygen atoms in total. The van der Waals surface area contributed by atoms with Gasteiger partial charge in [-0.1, -0.05) is 67.8 Å². The van der Waals surface area contributed by atoms with E-state index in [-0.39, 0.29) is 5.79 Å². The van der Waals surface area contributed by atoms with Gasteiger partial charge in [0.15, 0.2) is 5.79 Å². The van der Waals surface area contributed by atoms with E-state index in [4.69, 9.17) is 9.47 Å². The van der Waals surface area contributed by atoms with Gasteiger partial charge in [-0.3, -0.25) is 0 Å². The van der Waals surface area contributed by atoms with Crippen molar-refractivity contribution in [3.8, 4) is 0 Å². The Labute approximate surface area is 127 Å². The van der Waals surface area contributed by atoms with Crippen molar-refractivity contribution < 1.29 is 9.47 Å². The van der Waals surface area contributed by atoms with E-state index in [0.29, 0.717) is 0 Å². The number of hydrogen-bond donors (Lipinski definition) is 0. The Hall–Kier alpha value is 0.400. The molecule has 0 bridgehead atoms. The molecular weight excluding hydrogens is 304 g/mol. The van der Waals surface area contributed by atoms with Gasteiger partial charge in [-0.25, -0.2) is 0 Å². The van der Waals surface area contributed by atoms with Gasteiger partial charge in [-0.2, -0.15) is 0 Å². The Morgan fingerprint density at radius 1 is 0.789 bits per heavy atom. The molecule has 0 radical (unpaired) electrons. The summed E-state index contributed by atoms with van der Waals surface area (Å²) in [5.74, 6) is -0.240. The Balaban J connectivity index is 2.02. The van der Waals surface area contributed by atoms with Gasteiger partial charge in [-0.15, -0.1) is 0 Å². The quantitative estimate of drug-likeness (QED) is 0.349. The summed E-state index contributed by atoms with van der Waals surface area (Å²) in [5.41, 5.74) is 0. The Bertz CT molecular complexity index is 203. The van der Waals surface area contributed by atoms with Crippen LogP contribution in [0.2, 0.25) is 0 Å². The fraction of sp³-hybridized carbons (Fsp3) is 1.00. The summed E-state index contributed by atoms with van der Waals surface area (Å²) in [7, 11) is 0. The molecule has 0 spiro atoms. The molecule has 0 atom stereocenters. The van der Waals surface area contributed by atoms with Gasteiger partial charge < -0.3 is 9.47 Å². The zero-order valence-electron chi connectivity index (χ0n) is 12.6. The summed E-state index contributed by atoms with van der Waals surface area (Å²) in [4.78, 5) is 0. The molecular formula is C16H31BrO2. The van der Waals surface area contributed by atoms with E-state index in [2.05, 4.69) is 22.9 Å². The van der Waals surface area contributed by atoms with Crippen LogP contribution in [0.1, 0.15) is 77.6 Å². The highest BCUT2D eigenvalue weighted by atomic mass is 79.9. The smallest absolute Gasteiger partial charge is 0.168 e. The minimum absolute atomic E-state index is 0.240. The number of halogens is 1. The monoisotopic (exact) mass is 334 g/mol. The third kappa shape index (κ3) is 7.67. The summed E-state index contributed by atoms with van der Waals surface area (Å²) < 4.78 is 11.7. The first-order chi connectivity index (χ1) is 9.33. The molecule has 1 saturated heterocycles. The minimum atomic E-state index is -0.240. The van der Waals surface area contributed by atoms with Crippen LogP contribution >= 0.6 is 15.9 Å². The normalized spacial score (nSPS) is 18.0. The molecule has 1 heterocycles. The van der Waals surface area contributed by atoms with Gasteiger partial charge in [0.1, 0.15) is 0 Å². The van der Waals surface area contributed by atoms with Crippen molar-refractivity contribution in [1.82, 2.24) is 0 Å². The summed E-state index contributed by atoms with van der Waals surface area (Å²) in [5, 5.41) is 1.04. The lowest BCUT2D eigenvalue weighted by Gasteiger charge is -2.27. The standard InChI is InChI=1S/C16H31BrO2/c1-2-3-4-5-6-7-8-9-11-16(12-10-13-17)18-14-15-19-16/h2-15H2,1H3. The average Bonchev–Trinajstić information content (AvgIpc) is 2.89. The molecule has 0 amide bonds. The van der Waals surface area contributed by atoms with E-state index in [1.54, 1.807) is 0 Å². The second kappa shape index (κ2) is 11.1. The zero-order chi connectivity index (χ0) is 13.8. The van der Waals surface area contributed by atoms with Crippen molar-refractivity contribution in [3.63, 3.8) is 0 Å². The predicted molar refractivity (Wildman–Crippen MR) is 84.9 cm³/mol. The summed E-state index contributed by atoms with van der Waals surface area (Å²) >= 11 is 3.49. The van der Waals surface area contributed by atoms with Crippen LogP contribution in [0.4, 0.5) is 0 Å². The highest BCUT2D eigenvalue weighted by Crippen LogP contribution is 2.31. The fourth-order valence-corrected chi connectivity index (χ4v) is 3.06. The summed E-state index contributed by atoms with van der Waals surface area (Å²) in [6.07, 6.45) is 14.2. The van der Waals surface area contributed by atoms with Crippen LogP contribution in [0.3, 0.4) is 0 Å². The van der Waals surface area contributed by atoms with Gasteiger partial charge in [0.25, 0.3) is 0 Å². The lowest BCUT2D eigenvalue weighted by molar-refractivity contribution is -0.167. The molecule has 0 aromatic heterocycles. The largest absolute Gasteiger partial charge is 0.348 e. The lowest BCUT2D eigenvalue weighted by atomic mass is 10.0. The number of rotatable bonds is 12. The number of alkyl halides is 1. The molecule has 1 aliphatic heterocycles. The van der Waals surface area contributed by atoms with Crippen molar-refractivity contribution in [2.75, 3.05) is 18.5 Å². The zero-order valence-corrected chi connectivity index (χ0v) is 14.2. The maximum absolute atomic E-state index is 5.86. The highest BCUT2D eigenvalue weighted by Gasteiger charge is 2.34. The SMILES string of the molecule is CCCCCCCCCCC1(CCCBr)OCCO1. The Morgan fingerprint density at radius 3 is 1.89 bits per heavy atom. The minimum Gasteiger partial charge on any atom is -0.348 e. The van der Waals surface area contributed by atoms with Crippen molar-refractivity contribution in [3.05, 3.63) is 0 Å². The molecule has 1 aliphatic rings. The maximum Gasteiger partial charge on any atom is 0.168 e. The van der Waals surface area contributed by atoms with Gasteiger partial charge in [0.2, 0.25) is 0 Å². The molecule has 114 valence electrons. The summed E-state index contributed by atoms with van der Waals surface area (Å²) in [6, 6.07) is 0. The Kier molecular flexibility index (Phi) is 10.2. The van der Waals surface area contributed by atoms with Gasteiger partial charge in [-0.05, 0) is 12.8 Å². The van der Waals surface area contributed by atoms with Crippen LogP contribution in [0.5, 0.6) is 0 Å². The topological polar surface area (TPSA) is 18.5 Å². The van der Waals surface area contributed by atoms with Crippen LogP contribution < -0.4 is 0 Å². The molecule has 1 fully saturated rings. The molecule has 0 aromatic rings. The highest BCUT2D eigenvalue weighted by molar-refractivity contribution is 9.09. The molecule has 0 N–H and O–H groups in total. The van der Waals surface area contributed by atoms with Gasteiger partial charge in [0, 0.05) is 18.2 Å². The lowest BCUT2D eigenvalue weighted by Crippen LogP contribution is -2.30. The van der Waals surface area contributed by atoms with Crippen LogP contribution in [0, 0.1) is 0 Å². The number of ether oxygens (including phenoxy) is 2. The predicted octanol–water partition coefficient (Wildman–Crippen LogP) is 5.44. The first kappa shape index (κ1) is 17.5. The molecule has 1 rings (SSSR count). The van der Waals surface area contributed by atoms with Crippen LogP contribution in [0.25, 0.3) is 0 Å². The van der Waals surface area contributed by atoms with Crippen molar-refractivity contribution >= 4 is 15.9 Å². The molecule has 0 saturated carbocycles.